The van der Waals surface area contributed by atoms with E-state index >= 15 is 0 Å². The van der Waals surface area contributed by atoms with Crippen molar-refractivity contribution in [1.82, 2.24) is 10.3 Å². The minimum atomic E-state index is -0.544. The summed E-state index contributed by atoms with van der Waals surface area (Å²) in [5.74, 6) is -0.567. The highest BCUT2D eigenvalue weighted by atomic mass is 19.1. The summed E-state index contributed by atoms with van der Waals surface area (Å²) in [5, 5.41) is 3.14. The van der Waals surface area contributed by atoms with Crippen LogP contribution in [0, 0.1) is 11.7 Å². The molecule has 2 aliphatic rings. The highest BCUT2D eigenvalue weighted by Gasteiger charge is 2.45. The number of aromatic amines is 1. The lowest BCUT2D eigenvalue weighted by atomic mass is 9.76. The van der Waals surface area contributed by atoms with Crippen molar-refractivity contribution in [3.05, 3.63) is 46.0 Å². The van der Waals surface area contributed by atoms with Gasteiger partial charge >= 0.3 is 0 Å². The van der Waals surface area contributed by atoms with Crippen LogP contribution in [-0.4, -0.2) is 29.6 Å². The van der Waals surface area contributed by atoms with E-state index in [1.165, 1.54) is 24.3 Å². The van der Waals surface area contributed by atoms with E-state index < -0.39 is 5.82 Å². The summed E-state index contributed by atoms with van der Waals surface area (Å²) in [6.07, 6.45) is 1.99. The van der Waals surface area contributed by atoms with E-state index in [2.05, 4.69) is 10.3 Å². The minimum absolute atomic E-state index is 0.0656. The molecular formula is C16H15FN2O3. The molecule has 1 aromatic carbocycles. The Morgan fingerprint density at radius 3 is 3.09 bits per heavy atom. The topological polar surface area (TPSA) is 71.2 Å². The number of nitrogens with one attached hydrogen (secondary N) is 2. The highest BCUT2D eigenvalue weighted by molar-refractivity contribution is 5.95. The number of hydrogen-bond acceptors (Lipinski definition) is 3. The van der Waals surface area contributed by atoms with Gasteiger partial charge in [0.05, 0.1) is 11.6 Å². The Labute approximate surface area is 125 Å². The molecule has 0 radical (unpaired) electrons. The van der Waals surface area contributed by atoms with Gasteiger partial charge in [0, 0.05) is 30.0 Å². The predicted octanol–water partition coefficient (Wildman–Crippen LogP) is 1.57. The lowest BCUT2D eigenvalue weighted by Crippen LogP contribution is -2.53. The SMILES string of the molecule is O=C(N[C@H]1C[C@@H]2OCC[C@H]12)c1cc(=O)c2cccc(F)c2[nH]1. The first kappa shape index (κ1) is 13.5. The molecule has 1 aliphatic heterocycles. The molecule has 2 aromatic rings. The Hall–Kier alpha value is -2.21. The number of H-pyrrole nitrogens is 1. The van der Waals surface area contributed by atoms with Crippen molar-refractivity contribution in [2.45, 2.75) is 25.0 Å². The van der Waals surface area contributed by atoms with Crippen LogP contribution in [0.1, 0.15) is 23.3 Å². The molecule has 114 valence electrons. The Balaban J connectivity index is 1.62. The first-order chi connectivity index (χ1) is 10.6. The molecule has 1 saturated carbocycles. The number of rotatable bonds is 2. The Kier molecular flexibility index (Phi) is 3.00. The van der Waals surface area contributed by atoms with Gasteiger partial charge in [-0.3, -0.25) is 9.59 Å². The Morgan fingerprint density at radius 1 is 1.41 bits per heavy atom. The Bertz CT molecular complexity index is 817. The highest BCUT2D eigenvalue weighted by Crippen LogP contribution is 2.38. The van der Waals surface area contributed by atoms with E-state index in [4.69, 9.17) is 4.74 Å². The van der Waals surface area contributed by atoms with E-state index in [9.17, 15) is 14.0 Å². The van der Waals surface area contributed by atoms with E-state index in [0.717, 1.165) is 19.4 Å². The third-order valence-electron chi connectivity index (χ3n) is 4.64. The van der Waals surface area contributed by atoms with Gasteiger partial charge in [0.25, 0.3) is 5.91 Å². The van der Waals surface area contributed by atoms with Crippen LogP contribution in [0.2, 0.25) is 0 Å². The van der Waals surface area contributed by atoms with Gasteiger partial charge in [-0.2, -0.15) is 0 Å². The van der Waals surface area contributed by atoms with Gasteiger partial charge in [-0.25, -0.2) is 4.39 Å². The molecule has 1 amide bonds. The second-order valence-electron chi connectivity index (χ2n) is 5.89. The molecule has 22 heavy (non-hydrogen) atoms. The molecule has 0 bridgehead atoms. The van der Waals surface area contributed by atoms with Gasteiger partial charge in [-0.05, 0) is 25.0 Å². The fraction of sp³-hybridized carbons (Fsp3) is 0.375. The molecule has 2 fully saturated rings. The predicted molar refractivity (Wildman–Crippen MR) is 78.2 cm³/mol. The minimum Gasteiger partial charge on any atom is -0.378 e. The number of fused-ring (bicyclic) bond motifs is 2. The zero-order valence-corrected chi connectivity index (χ0v) is 11.8. The number of hydrogen-bond donors (Lipinski definition) is 2. The normalized spacial score (nSPS) is 26.5. The lowest BCUT2D eigenvalue weighted by molar-refractivity contribution is 0.00803. The smallest absolute Gasteiger partial charge is 0.268 e. The molecule has 6 heteroatoms. The van der Waals surface area contributed by atoms with E-state index in [0.29, 0.717) is 5.92 Å². The van der Waals surface area contributed by atoms with Gasteiger partial charge < -0.3 is 15.0 Å². The fourth-order valence-electron chi connectivity index (χ4n) is 3.37. The second-order valence-corrected chi connectivity index (χ2v) is 5.89. The van der Waals surface area contributed by atoms with Crippen LogP contribution in [0.3, 0.4) is 0 Å². The summed E-state index contributed by atoms with van der Waals surface area (Å²) in [6, 6.07) is 5.55. The van der Waals surface area contributed by atoms with Crippen LogP contribution in [0.25, 0.3) is 10.9 Å². The second kappa shape index (κ2) is 4.91. The number of para-hydroxylation sites is 1. The summed E-state index contributed by atoms with van der Waals surface area (Å²) < 4.78 is 19.3. The number of carbonyl (C=O) groups is 1. The first-order valence-corrected chi connectivity index (χ1v) is 7.37. The van der Waals surface area contributed by atoms with Crippen molar-refractivity contribution in [2.24, 2.45) is 5.92 Å². The third-order valence-corrected chi connectivity index (χ3v) is 4.64. The Morgan fingerprint density at radius 2 is 2.27 bits per heavy atom. The zero-order chi connectivity index (χ0) is 15.3. The molecule has 0 spiro atoms. The molecule has 5 nitrogen and oxygen atoms in total. The van der Waals surface area contributed by atoms with E-state index in [1.54, 1.807) is 0 Å². The van der Waals surface area contributed by atoms with Gasteiger partial charge in [0.2, 0.25) is 0 Å². The summed E-state index contributed by atoms with van der Waals surface area (Å²) in [7, 11) is 0. The summed E-state index contributed by atoms with van der Waals surface area (Å²) in [6.45, 7) is 0.736. The molecule has 1 aliphatic carbocycles. The van der Waals surface area contributed by atoms with Crippen LogP contribution in [0.15, 0.2) is 29.1 Å². The molecule has 1 saturated heterocycles. The number of amides is 1. The average Bonchev–Trinajstić information content (AvgIpc) is 2.86. The average molecular weight is 302 g/mol. The molecule has 2 N–H and O–H groups in total. The maximum absolute atomic E-state index is 13.8. The van der Waals surface area contributed by atoms with Crippen molar-refractivity contribution in [1.29, 1.82) is 0 Å². The maximum atomic E-state index is 13.8. The van der Waals surface area contributed by atoms with Gasteiger partial charge in [0.15, 0.2) is 5.43 Å². The van der Waals surface area contributed by atoms with Crippen LogP contribution >= 0.6 is 0 Å². The van der Waals surface area contributed by atoms with Crippen molar-refractivity contribution >= 4 is 16.8 Å². The molecular weight excluding hydrogens is 287 g/mol. The van der Waals surface area contributed by atoms with Crippen LogP contribution in [0.4, 0.5) is 4.39 Å². The van der Waals surface area contributed by atoms with Crippen molar-refractivity contribution in [2.75, 3.05) is 6.61 Å². The van der Waals surface area contributed by atoms with Crippen LogP contribution in [0.5, 0.6) is 0 Å². The molecule has 4 rings (SSSR count). The summed E-state index contributed by atoms with van der Waals surface area (Å²) in [5.41, 5.74) is -0.213. The number of ether oxygens (including phenoxy) is 1. The number of carbonyl (C=O) groups excluding carboxylic acids is 1. The number of pyridine rings is 1. The van der Waals surface area contributed by atoms with Crippen molar-refractivity contribution in [3.8, 4) is 0 Å². The molecule has 2 heterocycles. The number of benzene rings is 1. The van der Waals surface area contributed by atoms with Crippen molar-refractivity contribution < 1.29 is 13.9 Å². The summed E-state index contributed by atoms with van der Waals surface area (Å²) in [4.78, 5) is 27.1. The fourth-order valence-corrected chi connectivity index (χ4v) is 3.37. The van der Waals surface area contributed by atoms with Crippen molar-refractivity contribution in [3.63, 3.8) is 0 Å². The molecule has 3 atom stereocenters. The standard InChI is InChI=1S/C16H15FN2O3/c17-10-3-1-2-9-13(20)6-12(18-15(9)10)16(21)19-11-7-14-8(11)4-5-22-14/h1-3,6,8,11,14H,4-5,7H2,(H,18,20)(H,19,21)/t8-,11+,14+/m1/s1. The number of halogens is 1. The largest absolute Gasteiger partial charge is 0.378 e. The molecule has 1 aromatic heterocycles. The van der Waals surface area contributed by atoms with Gasteiger partial charge in [-0.1, -0.05) is 6.07 Å². The third kappa shape index (κ3) is 2.02. The first-order valence-electron chi connectivity index (χ1n) is 7.37. The van der Waals surface area contributed by atoms with E-state index in [-0.39, 0.29) is 40.1 Å². The number of aromatic nitrogens is 1. The van der Waals surface area contributed by atoms with Gasteiger partial charge in [0.1, 0.15) is 11.5 Å². The van der Waals surface area contributed by atoms with E-state index in [1.807, 2.05) is 0 Å². The van der Waals surface area contributed by atoms with Gasteiger partial charge in [-0.15, -0.1) is 0 Å². The summed E-state index contributed by atoms with van der Waals surface area (Å²) >= 11 is 0. The van der Waals surface area contributed by atoms with Crippen LogP contribution in [-0.2, 0) is 4.74 Å². The monoisotopic (exact) mass is 302 g/mol. The molecule has 0 unspecified atom stereocenters. The zero-order valence-electron chi connectivity index (χ0n) is 11.8. The quantitative estimate of drug-likeness (QED) is 0.884. The maximum Gasteiger partial charge on any atom is 0.268 e. The van der Waals surface area contributed by atoms with Crippen LogP contribution < -0.4 is 10.7 Å². The lowest BCUT2D eigenvalue weighted by Gasteiger charge is -2.39.